The van der Waals surface area contributed by atoms with Crippen molar-refractivity contribution in [2.45, 2.75) is 25.4 Å². The Morgan fingerprint density at radius 2 is 2.05 bits per heavy atom. The summed E-state index contributed by atoms with van der Waals surface area (Å²) in [6.07, 6.45) is 2.58. The molecule has 0 saturated carbocycles. The van der Waals surface area contributed by atoms with Crippen molar-refractivity contribution in [2.24, 2.45) is 0 Å². The van der Waals surface area contributed by atoms with Crippen LogP contribution in [0.1, 0.15) is 18.4 Å². The normalized spacial score (nSPS) is 18.4. The molecule has 2 aromatic rings. The zero-order chi connectivity index (χ0) is 14.7. The summed E-state index contributed by atoms with van der Waals surface area (Å²) >= 11 is 0. The first-order valence-corrected chi connectivity index (χ1v) is 7.76. The van der Waals surface area contributed by atoms with Crippen molar-refractivity contribution < 1.29 is 4.74 Å². The van der Waals surface area contributed by atoms with Crippen LogP contribution in [0.3, 0.4) is 0 Å². The largest absolute Gasteiger partial charge is 0.496 e. The SMILES string of the molecule is CNCC1CCCN1Cc1c(OC)ccc2ccccc12.Cl. The van der Waals surface area contributed by atoms with Gasteiger partial charge in [-0.05, 0) is 43.3 Å². The molecule has 0 radical (unpaired) electrons. The van der Waals surface area contributed by atoms with E-state index in [1.807, 2.05) is 7.05 Å². The third-order valence-electron chi connectivity index (χ3n) is 4.52. The Bertz CT molecular complexity index is 617. The molecule has 1 atom stereocenters. The topological polar surface area (TPSA) is 24.5 Å². The van der Waals surface area contributed by atoms with E-state index in [4.69, 9.17) is 4.74 Å². The van der Waals surface area contributed by atoms with Crippen LogP contribution in [0.25, 0.3) is 10.8 Å². The average Bonchev–Trinajstić information content (AvgIpc) is 2.95. The van der Waals surface area contributed by atoms with Crippen molar-refractivity contribution in [3.63, 3.8) is 0 Å². The number of hydrogen-bond donors (Lipinski definition) is 1. The lowest BCUT2D eigenvalue weighted by molar-refractivity contribution is 0.240. The van der Waals surface area contributed by atoms with Gasteiger partial charge in [0.15, 0.2) is 0 Å². The molecule has 0 bridgehead atoms. The van der Waals surface area contributed by atoms with E-state index in [1.54, 1.807) is 7.11 Å². The van der Waals surface area contributed by atoms with E-state index < -0.39 is 0 Å². The van der Waals surface area contributed by atoms with E-state index in [1.165, 1.54) is 35.7 Å². The van der Waals surface area contributed by atoms with Gasteiger partial charge in [-0.2, -0.15) is 0 Å². The van der Waals surface area contributed by atoms with Crippen LogP contribution < -0.4 is 10.1 Å². The van der Waals surface area contributed by atoms with E-state index in [2.05, 4.69) is 46.6 Å². The fourth-order valence-electron chi connectivity index (χ4n) is 3.44. The smallest absolute Gasteiger partial charge is 0.123 e. The number of ether oxygens (including phenoxy) is 1. The van der Waals surface area contributed by atoms with E-state index in [-0.39, 0.29) is 12.4 Å². The minimum Gasteiger partial charge on any atom is -0.496 e. The highest BCUT2D eigenvalue weighted by Gasteiger charge is 2.25. The molecule has 1 unspecified atom stereocenters. The number of nitrogens with zero attached hydrogens (tertiary/aromatic N) is 1. The molecule has 3 rings (SSSR count). The Morgan fingerprint density at radius 3 is 2.82 bits per heavy atom. The predicted molar refractivity (Wildman–Crippen MR) is 95.1 cm³/mol. The molecule has 4 heteroatoms. The molecule has 0 aliphatic carbocycles. The molecule has 22 heavy (non-hydrogen) atoms. The number of nitrogens with one attached hydrogen (secondary N) is 1. The molecule has 1 saturated heterocycles. The van der Waals surface area contributed by atoms with Gasteiger partial charge in [-0.25, -0.2) is 0 Å². The standard InChI is InChI=1S/C18H24N2O.ClH/c1-19-12-15-7-5-11-20(15)13-17-16-8-4-3-6-14(16)9-10-18(17)21-2;/h3-4,6,8-10,15,19H,5,7,11-13H2,1-2H3;1H. The molecule has 2 aromatic carbocycles. The van der Waals surface area contributed by atoms with Gasteiger partial charge in [-0.15, -0.1) is 12.4 Å². The maximum Gasteiger partial charge on any atom is 0.123 e. The van der Waals surface area contributed by atoms with Gasteiger partial charge < -0.3 is 10.1 Å². The van der Waals surface area contributed by atoms with Crippen LogP contribution >= 0.6 is 12.4 Å². The van der Waals surface area contributed by atoms with Crippen LogP contribution in [0, 0.1) is 0 Å². The monoisotopic (exact) mass is 320 g/mol. The van der Waals surface area contributed by atoms with Crippen LogP contribution in [0.5, 0.6) is 5.75 Å². The van der Waals surface area contributed by atoms with Crippen LogP contribution in [-0.2, 0) is 6.54 Å². The summed E-state index contributed by atoms with van der Waals surface area (Å²) < 4.78 is 5.62. The number of rotatable bonds is 5. The molecule has 0 spiro atoms. The third kappa shape index (κ3) is 3.37. The number of likely N-dealkylation sites (N-methyl/N-ethyl adjacent to an activating group) is 1. The van der Waals surface area contributed by atoms with E-state index in [9.17, 15) is 0 Å². The number of methoxy groups -OCH3 is 1. The highest BCUT2D eigenvalue weighted by atomic mass is 35.5. The zero-order valence-corrected chi connectivity index (χ0v) is 14.2. The number of fused-ring (bicyclic) bond motifs is 1. The number of benzene rings is 2. The average molecular weight is 321 g/mol. The molecule has 1 aliphatic rings. The second kappa shape index (κ2) is 7.82. The third-order valence-corrected chi connectivity index (χ3v) is 4.52. The lowest BCUT2D eigenvalue weighted by Crippen LogP contribution is -2.36. The van der Waals surface area contributed by atoms with Crippen molar-refractivity contribution in [3.8, 4) is 5.75 Å². The summed E-state index contributed by atoms with van der Waals surface area (Å²) in [6, 6.07) is 13.5. The minimum absolute atomic E-state index is 0. The van der Waals surface area contributed by atoms with Gasteiger partial charge >= 0.3 is 0 Å². The second-order valence-corrected chi connectivity index (χ2v) is 5.79. The molecular weight excluding hydrogens is 296 g/mol. The van der Waals surface area contributed by atoms with E-state index >= 15 is 0 Å². The van der Waals surface area contributed by atoms with Crippen molar-refractivity contribution in [1.82, 2.24) is 10.2 Å². The number of likely N-dealkylation sites (tertiary alicyclic amines) is 1. The van der Waals surface area contributed by atoms with Crippen LogP contribution in [-0.4, -0.2) is 38.2 Å². The molecular formula is C18H25ClN2O. The first-order chi connectivity index (χ1) is 10.3. The number of halogens is 1. The summed E-state index contributed by atoms with van der Waals surface area (Å²) in [6.45, 7) is 3.21. The van der Waals surface area contributed by atoms with Crippen LogP contribution in [0.4, 0.5) is 0 Å². The minimum atomic E-state index is 0. The van der Waals surface area contributed by atoms with E-state index in [0.717, 1.165) is 18.8 Å². The van der Waals surface area contributed by atoms with Crippen molar-refractivity contribution in [3.05, 3.63) is 42.0 Å². The summed E-state index contributed by atoms with van der Waals surface area (Å²) in [5.74, 6) is 1.00. The number of hydrogen-bond acceptors (Lipinski definition) is 3. The molecule has 1 aliphatic heterocycles. The molecule has 0 aromatic heterocycles. The first-order valence-electron chi connectivity index (χ1n) is 7.76. The van der Waals surface area contributed by atoms with E-state index in [0.29, 0.717) is 6.04 Å². The Labute approximate surface area is 139 Å². The van der Waals surface area contributed by atoms with Gasteiger partial charge in [-0.1, -0.05) is 30.3 Å². The summed E-state index contributed by atoms with van der Waals surface area (Å²) in [5, 5.41) is 5.92. The van der Waals surface area contributed by atoms with Crippen molar-refractivity contribution in [1.29, 1.82) is 0 Å². The lowest BCUT2D eigenvalue weighted by atomic mass is 10.0. The Hall–Kier alpha value is -1.29. The van der Waals surface area contributed by atoms with Gasteiger partial charge in [0.25, 0.3) is 0 Å². The first kappa shape index (κ1) is 17.1. The Morgan fingerprint density at radius 1 is 1.23 bits per heavy atom. The summed E-state index contributed by atoms with van der Waals surface area (Å²) in [5.41, 5.74) is 1.32. The Balaban J connectivity index is 0.00000176. The van der Waals surface area contributed by atoms with Gasteiger partial charge in [0.1, 0.15) is 5.75 Å². The fraction of sp³-hybridized carbons (Fsp3) is 0.444. The Kier molecular flexibility index (Phi) is 6.07. The second-order valence-electron chi connectivity index (χ2n) is 5.79. The molecule has 1 fully saturated rings. The molecule has 1 heterocycles. The predicted octanol–water partition coefficient (Wildman–Crippen LogP) is 3.45. The van der Waals surface area contributed by atoms with Crippen molar-refractivity contribution in [2.75, 3.05) is 27.2 Å². The van der Waals surface area contributed by atoms with Gasteiger partial charge in [-0.3, -0.25) is 4.90 Å². The zero-order valence-electron chi connectivity index (χ0n) is 13.3. The van der Waals surface area contributed by atoms with Gasteiger partial charge in [0.05, 0.1) is 7.11 Å². The fourth-order valence-corrected chi connectivity index (χ4v) is 3.44. The summed E-state index contributed by atoms with van der Waals surface area (Å²) in [7, 11) is 3.80. The molecule has 1 N–H and O–H groups in total. The quantitative estimate of drug-likeness (QED) is 0.913. The van der Waals surface area contributed by atoms with Crippen molar-refractivity contribution >= 4 is 23.2 Å². The maximum absolute atomic E-state index is 5.62. The molecule has 120 valence electrons. The summed E-state index contributed by atoms with van der Waals surface area (Å²) in [4.78, 5) is 2.58. The highest BCUT2D eigenvalue weighted by molar-refractivity contribution is 5.87. The van der Waals surface area contributed by atoms with Gasteiger partial charge in [0, 0.05) is 24.7 Å². The van der Waals surface area contributed by atoms with Crippen LogP contribution in [0.2, 0.25) is 0 Å². The lowest BCUT2D eigenvalue weighted by Gasteiger charge is -2.25. The molecule has 0 amide bonds. The highest BCUT2D eigenvalue weighted by Crippen LogP contribution is 2.31. The van der Waals surface area contributed by atoms with Gasteiger partial charge in [0.2, 0.25) is 0 Å². The maximum atomic E-state index is 5.62. The van der Waals surface area contributed by atoms with Crippen LogP contribution in [0.15, 0.2) is 36.4 Å². The molecule has 3 nitrogen and oxygen atoms in total.